The number of carbonyl (C=O) groups excluding carboxylic acids is 1. The number of amides is 1. The first kappa shape index (κ1) is 19.3. The van der Waals surface area contributed by atoms with Gasteiger partial charge in [-0.15, -0.1) is 0 Å². The van der Waals surface area contributed by atoms with Gasteiger partial charge in [-0.05, 0) is 24.1 Å². The molecule has 4 N–H and O–H groups in total. The smallest absolute Gasteiger partial charge is 0.269 e. The molecule has 0 spiro atoms. The lowest BCUT2D eigenvalue weighted by atomic mass is 10.0. The zero-order valence-electron chi connectivity index (χ0n) is 15.0. The van der Waals surface area contributed by atoms with E-state index in [0.717, 1.165) is 0 Å². The van der Waals surface area contributed by atoms with Gasteiger partial charge in [0.15, 0.2) is 11.5 Å². The molecule has 3 rings (SSSR count). The SMILES string of the molecule is COc1cccc(/C=N/NC(=O)C2CC(c3cccc([N+](=O)[O-])c3)NN2)c1O. The van der Waals surface area contributed by atoms with Crippen molar-refractivity contribution in [3.05, 3.63) is 63.7 Å². The molecular weight excluding hydrogens is 366 g/mol. The summed E-state index contributed by atoms with van der Waals surface area (Å²) in [6.07, 6.45) is 1.71. The fourth-order valence-corrected chi connectivity index (χ4v) is 2.85. The standard InChI is InChI=1S/C18H19N5O5/c1-28-16-7-3-5-12(17(16)24)10-19-22-18(25)15-9-14(20-21-15)11-4-2-6-13(8-11)23(26)27/h2-8,10,14-15,20-21,24H,9H2,1H3,(H,22,25)/b19-10+. The van der Waals surface area contributed by atoms with E-state index in [4.69, 9.17) is 4.74 Å². The van der Waals surface area contributed by atoms with E-state index in [9.17, 15) is 20.0 Å². The van der Waals surface area contributed by atoms with Crippen LogP contribution in [0.5, 0.6) is 11.5 Å². The molecule has 1 aliphatic heterocycles. The number of carbonyl (C=O) groups is 1. The second-order valence-electron chi connectivity index (χ2n) is 6.11. The number of hydrazine groups is 1. The summed E-state index contributed by atoms with van der Waals surface area (Å²) < 4.78 is 5.01. The van der Waals surface area contributed by atoms with Crippen molar-refractivity contribution in [1.82, 2.24) is 16.3 Å². The molecule has 0 radical (unpaired) electrons. The Morgan fingerprint density at radius 2 is 2.14 bits per heavy atom. The number of nitro benzene ring substituents is 1. The number of aromatic hydroxyl groups is 1. The minimum atomic E-state index is -0.569. The number of nitro groups is 1. The first-order valence-corrected chi connectivity index (χ1v) is 8.44. The summed E-state index contributed by atoms with van der Waals surface area (Å²) >= 11 is 0. The first-order valence-electron chi connectivity index (χ1n) is 8.44. The Hall–Kier alpha value is -3.50. The normalized spacial score (nSPS) is 18.9. The molecule has 0 aromatic heterocycles. The molecule has 1 saturated heterocycles. The number of hydrogen-bond donors (Lipinski definition) is 4. The quantitative estimate of drug-likeness (QED) is 0.335. The molecule has 1 amide bonds. The van der Waals surface area contributed by atoms with E-state index in [-0.39, 0.29) is 23.4 Å². The number of nitrogens with zero attached hydrogens (tertiary/aromatic N) is 2. The fraction of sp³-hybridized carbons (Fsp3) is 0.222. The van der Waals surface area contributed by atoms with Crippen LogP contribution in [0.25, 0.3) is 0 Å². The summed E-state index contributed by atoms with van der Waals surface area (Å²) in [5, 5.41) is 24.8. The van der Waals surface area contributed by atoms with Gasteiger partial charge in [-0.2, -0.15) is 5.10 Å². The third-order valence-electron chi connectivity index (χ3n) is 4.33. The third kappa shape index (κ3) is 4.24. The van der Waals surface area contributed by atoms with Gasteiger partial charge in [0.05, 0.1) is 18.2 Å². The number of ether oxygens (including phenoxy) is 1. The number of nitrogens with one attached hydrogen (secondary N) is 3. The minimum absolute atomic E-state index is 0.00472. The summed E-state index contributed by atoms with van der Waals surface area (Å²) in [6.45, 7) is 0. The van der Waals surface area contributed by atoms with E-state index in [1.54, 1.807) is 30.3 Å². The first-order chi connectivity index (χ1) is 13.5. The van der Waals surface area contributed by atoms with Crippen LogP contribution in [-0.4, -0.2) is 35.3 Å². The van der Waals surface area contributed by atoms with Crippen LogP contribution in [0.1, 0.15) is 23.6 Å². The van der Waals surface area contributed by atoms with Crippen LogP contribution in [0.15, 0.2) is 47.6 Å². The number of hydrazone groups is 1. The summed E-state index contributed by atoms with van der Waals surface area (Å²) in [6, 6.07) is 10.4. The van der Waals surface area contributed by atoms with E-state index in [0.29, 0.717) is 23.3 Å². The highest BCUT2D eigenvalue weighted by Gasteiger charge is 2.30. The molecule has 146 valence electrons. The van der Waals surface area contributed by atoms with Crippen molar-refractivity contribution in [2.45, 2.75) is 18.5 Å². The highest BCUT2D eigenvalue weighted by molar-refractivity contribution is 5.87. The number of phenolic OH excluding ortho intramolecular Hbond substituents is 1. The van der Waals surface area contributed by atoms with Crippen molar-refractivity contribution in [3.8, 4) is 11.5 Å². The molecule has 1 aliphatic rings. The average molecular weight is 385 g/mol. The van der Waals surface area contributed by atoms with Crippen molar-refractivity contribution in [2.75, 3.05) is 7.11 Å². The van der Waals surface area contributed by atoms with E-state index >= 15 is 0 Å². The van der Waals surface area contributed by atoms with E-state index in [1.165, 1.54) is 25.5 Å². The van der Waals surface area contributed by atoms with Gasteiger partial charge in [-0.3, -0.25) is 14.9 Å². The zero-order valence-corrected chi connectivity index (χ0v) is 15.0. The number of non-ortho nitro benzene ring substituents is 1. The molecule has 1 heterocycles. The van der Waals surface area contributed by atoms with Gasteiger partial charge in [-0.25, -0.2) is 16.3 Å². The number of benzene rings is 2. The zero-order chi connectivity index (χ0) is 20.1. The molecule has 28 heavy (non-hydrogen) atoms. The van der Waals surface area contributed by atoms with Gasteiger partial charge in [0.1, 0.15) is 6.04 Å². The van der Waals surface area contributed by atoms with Crippen molar-refractivity contribution in [1.29, 1.82) is 0 Å². The Kier molecular flexibility index (Phi) is 5.82. The molecular formula is C18H19N5O5. The molecule has 2 aromatic carbocycles. The Morgan fingerprint density at radius 1 is 1.36 bits per heavy atom. The summed E-state index contributed by atoms with van der Waals surface area (Å²) in [7, 11) is 1.44. The lowest BCUT2D eigenvalue weighted by Gasteiger charge is -2.09. The average Bonchev–Trinajstić information content (AvgIpc) is 3.19. The van der Waals surface area contributed by atoms with Crippen LogP contribution < -0.4 is 21.0 Å². The molecule has 2 unspecified atom stereocenters. The summed E-state index contributed by atoms with van der Waals surface area (Å²) in [4.78, 5) is 22.7. The largest absolute Gasteiger partial charge is 0.504 e. The Balaban J connectivity index is 1.59. The number of hydrogen-bond acceptors (Lipinski definition) is 8. The van der Waals surface area contributed by atoms with E-state index in [1.807, 2.05) is 0 Å². The van der Waals surface area contributed by atoms with Crippen LogP contribution in [0.4, 0.5) is 5.69 Å². The lowest BCUT2D eigenvalue weighted by molar-refractivity contribution is -0.384. The van der Waals surface area contributed by atoms with Crippen LogP contribution in [0.3, 0.4) is 0 Å². The fourth-order valence-electron chi connectivity index (χ4n) is 2.85. The molecule has 2 atom stereocenters. The van der Waals surface area contributed by atoms with Crippen LogP contribution in [0, 0.1) is 10.1 Å². The van der Waals surface area contributed by atoms with Gasteiger partial charge >= 0.3 is 0 Å². The second-order valence-corrected chi connectivity index (χ2v) is 6.11. The number of rotatable bonds is 6. The van der Waals surface area contributed by atoms with Gasteiger partial charge in [0, 0.05) is 23.7 Å². The van der Waals surface area contributed by atoms with E-state index in [2.05, 4.69) is 21.4 Å². The van der Waals surface area contributed by atoms with Crippen molar-refractivity contribution in [3.63, 3.8) is 0 Å². The molecule has 0 aliphatic carbocycles. The minimum Gasteiger partial charge on any atom is -0.504 e. The number of para-hydroxylation sites is 1. The van der Waals surface area contributed by atoms with E-state index < -0.39 is 11.0 Å². The number of methoxy groups -OCH3 is 1. The maximum atomic E-state index is 12.3. The molecule has 2 aromatic rings. The maximum Gasteiger partial charge on any atom is 0.269 e. The Morgan fingerprint density at radius 3 is 2.89 bits per heavy atom. The summed E-state index contributed by atoms with van der Waals surface area (Å²) in [5.74, 6) is -0.148. The van der Waals surface area contributed by atoms with Crippen LogP contribution >= 0.6 is 0 Å². The van der Waals surface area contributed by atoms with Gasteiger partial charge in [-0.1, -0.05) is 18.2 Å². The molecule has 0 bridgehead atoms. The Labute approximate surface area is 160 Å². The molecule has 1 fully saturated rings. The highest BCUT2D eigenvalue weighted by Crippen LogP contribution is 2.28. The maximum absolute atomic E-state index is 12.3. The lowest BCUT2D eigenvalue weighted by Crippen LogP contribution is -2.41. The molecule has 10 heteroatoms. The molecule has 10 nitrogen and oxygen atoms in total. The second kappa shape index (κ2) is 8.46. The van der Waals surface area contributed by atoms with Gasteiger partial charge in [0.2, 0.25) is 0 Å². The van der Waals surface area contributed by atoms with Gasteiger partial charge in [0.25, 0.3) is 11.6 Å². The van der Waals surface area contributed by atoms with Crippen molar-refractivity contribution < 1.29 is 19.6 Å². The van der Waals surface area contributed by atoms with Crippen molar-refractivity contribution in [2.24, 2.45) is 5.10 Å². The van der Waals surface area contributed by atoms with Crippen LogP contribution in [0.2, 0.25) is 0 Å². The summed E-state index contributed by atoms with van der Waals surface area (Å²) in [5.41, 5.74) is 9.32. The topological polar surface area (TPSA) is 138 Å². The van der Waals surface area contributed by atoms with Gasteiger partial charge < -0.3 is 9.84 Å². The predicted octanol–water partition coefficient (Wildman–Crippen LogP) is 1.37. The number of phenols is 1. The monoisotopic (exact) mass is 385 g/mol. The Bertz CT molecular complexity index is 917. The molecule has 0 saturated carbocycles. The van der Waals surface area contributed by atoms with Crippen molar-refractivity contribution >= 4 is 17.8 Å². The highest BCUT2D eigenvalue weighted by atomic mass is 16.6. The predicted molar refractivity (Wildman–Crippen MR) is 101 cm³/mol. The van der Waals surface area contributed by atoms with Crippen LogP contribution in [-0.2, 0) is 4.79 Å². The third-order valence-corrected chi connectivity index (χ3v) is 4.33.